The topological polar surface area (TPSA) is 132 Å². The van der Waals surface area contributed by atoms with Gasteiger partial charge >= 0.3 is 12.3 Å². The molecule has 1 fully saturated rings. The Hall–Kier alpha value is -2.93. The van der Waals surface area contributed by atoms with Gasteiger partial charge in [-0.3, -0.25) is 15.0 Å². The molecule has 0 aromatic heterocycles. The van der Waals surface area contributed by atoms with Gasteiger partial charge in [0.25, 0.3) is 0 Å². The zero-order valence-corrected chi connectivity index (χ0v) is 14.3. The molecule has 13 heteroatoms. The highest BCUT2D eigenvalue weighted by Gasteiger charge is 2.66. The lowest BCUT2D eigenvalue weighted by Crippen LogP contribution is -2.59. The third kappa shape index (κ3) is 3.01. The lowest BCUT2D eigenvalue weighted by Gasteiger charge is -2.39. The number of anilines is 1. The number of benzene rings is 1. The standard InChI is InChI=1S/C15H15F4N5O4/c1-24-11(25)9-10(15(17,18)19)27-5-14(9,23-12(24)22-13(26)28-21)7-4-6(20)2-3-8(7)16/h2-4,9-10H,5,20-21H2,1H3,(H,22,23,26)/t9-,10-,14+/m0/s1. The van der Waals surface area contributed by atoms with E-state index < -0.39 is 54.1 Å². The summed E-state index contributed by atoms with van der Waals surface area (Å²) in [6.45, 7) is -0.773. The maximum atomic E-state index is 14.6. The number of carbonyl (C=O) groups excluding carboxylic acids is 2. The molecule has 2 amide bonds. The summed E-state index contributed by atoms with van der Waals surface area (Å²) >= 11 is 0. The minimum atomic E-state index is -4.92. The fraction of sp³-hybridized carbons (Fsp3) is 0.400. The predicted octanol–water partition coefficient (Wildman–Crippen LogP) is 0.608. The first-order valence-corrected chi connectivity index (χ1v) is 7.80. The van der Waals surface area contributed by atoms with Crippen molar-refractivity contribution in [1.29, 1.82) is 0 Å². The van der Waals surface area contributed by atoms with Gasteiger partial charge in [-0.15, -0.1) is 0 Å². The van der Waals surface area contributed by atoms with E-state index in [1.807, 2.05) is 5.32 Å². The Kier molecular flexibility index (Phi) is 4.67. The zero-order chi connectivity index (χ0) is 20.9. The number of alkyl halides is 3. The number of rotatable bonds is 1. The van der Waals surface area contributed by atoms with Gasteiger partial charge in [0, 0.05) is 18.3 Å². The molecule has 0 unspecified atom stereocenters. The second kappa shape index (κ2) is 6.60. The number of amides is 2. The van der Waals surface area contributed by atoms with E-state index in [1.165, 1.54) is 6.07 Å². The van der Waals surface area contributed by atoms with E-state index in [-0.39, 0.29) is 11.3 Å². The number of nitrogens with two attached hydrogens (primary N) is 2. The Balaban J connectivity index is 2.24. The number of hydrogen-bond acceptors (Lipinski definition) is 7. The molecule has 1 saturated heterocycles. The summed E-state index contributed by atoms with van der Waals surface area (Å²) in [5.74, 6) is 0.273. The fourth-order valence-electron chi connectivity index (χ4n) is 3.36. The van der Waals surface area contributed by atoms with Crippen LogP contribution in [0.25, 0.3) is 0 Å². The summed E-state index contributed by atoms with van der Waals surface area (Å²) in [6.07, 6.45) is -8.68. The van der Waals surface area contributed by atoms with Gasteiger partial charge in [0.2, 0.25) is 11.9 Å². The predicted molar refractivity (Wildman–Crippen MR) is 85.8 cm³/mol. The van der Waals surface area contributed by atoms with E-state index in [1.54, 1.807) is 0 Å². The molecule has 0 bridgehead atoms. The minimum absolute atomic E-state index is 0.0393. The first kappa shape index (κ1) is 19.8. The molecule has 5 N–H and O–H groups in total. The Morgan fingerprint density at radius 2 is 2.14 bits per heavy atom. The van der Waals surface area contributed by atoms with Gasteiger partial charge < -0.3 is 15.3 Å². The van der Waals surface area contributed by atoms with E-state index in [2.05, 4.69) is 9.83 Å². The second-order valence-electron chi connectivity index (χ2n) is 6.28. The summed E-state index contributed by atoms with van der Waals surface area (Å²) in [7, 11) is 1.09. The highest BCUT2D eigenvalue weighted by Crippen LogP contribution is 2.50. The van der Waals surface area contributed by atoms with Crippen molar-refractivity contribution in [3.63, 3.8) is 0 Å². The molecule has 0 radical (unpaired) electrons. The van der Waals surface area contributed by atoms with Crippen LogP contribution in [-0.4, -0.2) is 48.8 Å². The Morgan fingerprint density at radius 1 is 1.46 bits per heavy atom. The molecule has 0 saturated carbocycles. The average molecular weight is 405 g/mol. The fourth-order valence-corrected chi connectivity index (χ4v) is 3.36. The summed E-state index contributed by atoms with van der Waals surface area (Å²) in [5.41, 5.74) is 3.21. The highest BCUT2D eigenvalue weighted by molar-refractivity contribution is 6.06. The molecule has 28 heavy (non-hydrogen) atoms. The number of ether oxygens (including phenoxy) is 1. The highest BCUT2D eigenvalue weighted by atomic mass is 19.4. The van der Waals surface area contributed by atoms with E-state index in [9.17, 15) is 27.2 Å². The van der Waals surface area contributed by atoms with E-state index >= 15 is 0 Å². The van der Waals surface area contributed by atoms with Crippen molar-refractivity contribution in [2.75, 3.05) is 19.4 Å². The van der Waals surface area contributed by atoms with Gasteiger partial charge in [0.05, 0.1) is 6.61 Å². The Labute approximate surface area is 155 Å². The van der Waals surface area contributed by atoms with Gasteiger partial charge in [-0.05, 0) is 18.2 Å². The Bertz CT molecular complexity index is 861. The monoisotopic (exact) mass is 405 g/mol. The number of guanidine groups is 1. The quantitative estimate of drug-likeness (QED) is 0.356. The van der Waals surface area contributed by atoms with Crippen molar-refractivity contribution >= 4 is 23.6 Å². The van der Waals surface area contributed by atoms with Crippen molar-refractivity contribution in [1.82, 2.24) is 10.2 Å². The molecule has 3 rings (SSSR count). The molecular weight excluding hydrogens is 390 g/mol. The van der Waals surface area contributed by atoms with Crippen molar-refractivity contribution in [2.45, 2.75) is 17.8 Å². The number of nitrogens with zero attached hydrogens (tertiary/aromatic N) is 2. The molecule has 2 aliphatic rings. The van der Waals surface area contributed by atoms with Gasteiger partial charge in [-0.2, -0.15) is 19.1 Å². The summed E-state index contributed by atoms with van der Waals surface area (Å²) in [4.78, 5) is 32.9. The zero-order valence-electron chi connectivity index (χ0n) is 14.3. The maximum absolute atomic E-state index is 14.6. The molecule has 152 valence electrons. The lowest BCUT2D eigenvalue weighted by molar-refractivity contribution is -0.218. The van der Waals surface area contributed by atoms with Gasteiger partial charge in [0.15, 0.2) is 6.10 Å². The first-order valence-electron chi connectivity index (χ1n) is 7.80. The number of aliphatic imine (C=N–C) groups is 1. The van der Waals surface area contributed by atoms with Crippen LogP contribution in [0.1, 0.15) is 5.56 Å². The SMILES string of the molecule is CN1C(=O)[C@@H]2[C@@H](C(F)(F)F)OC[C@]2(c2cc(N)ccc2F)N=C1NC(=O)ON. The number of nitrogens with one attached hydrogen (secondary N) is 1. The van der Waals surface area contributed by atoms with Crippen molar-refractivity contribution in [2.24, 2.45) is 16.8 Å². The Morgan fingerprint density at radius 3 is 2.75 bits per heavy atom. The van der Waals surface area contributed by atoms with E-state index in [0.29, 0.717) is 4.90 Å². The normalized spacial score (nSPS) is 27.3. The van der Waals surface area contributed by atoms with Crippen LogP contribution in [0.15, 0.2) is 23.2 Å². The van der Waals surface area contributed by atoms with Crippen molar-refractivity contribution < 1.29 is 36.7 Å². The number of hydrogen-bond donors (Lipinski definition) is 3. The first-order chi connectivity index (χ1) is 13.0. The smallest absolute Gasteiger partial charge is 0.399 e. The lowest BCUT2D eigenvalue weighted by atomic mass is 9.76. The second-order valence-corrected chi connectivity index (χ2v) is 6.28. The van der Waals surface area contributed by atoms with Gasteiger partial charge in [-0.1, -0.05) is 0 Å². The molecule has 0 spiro atoms. The third-order valence-electron chi connectivity index (χ3n) is 4.62. The van der Waals surface area contributed by atoms with Gasteiger partial charge in [0.1, 0.15) is 17.3 Å². The van der Waals surface area contributed by atoms with Crippen molar-refractivity contribution in [3.05, 3.63) is 29.6 Å². The number of nitrogen functional groups attached to an aromatic ring is 1. The van der Waals surface area contributed by atoms with E-state index in [4.69, 9.17) is 16.4 Å². The van der Waals surface area contributed by atoms with Crippen LogP contribution in [0, 0.1) is 11.7 Å². The van der Waals surface area contributed by atoms with Crippen LogP contribution >= 0.6 is 0 Å². The van der Waals surface area contributed by atoms with Crippen LogP contribution in [0.2, 0.25) is 0 Å². The molecule has 0 aliphatic carbocycles. The molecule has 1 aromatic carbocycles. The van der Waals surface area contributed by atoms with Crippen LogP contribution in [0.4, 0.5) is 28.0 Å². The molecule has 2 aliphatic heterocycles. The van der Waals surface area contributed by atoms with Crippen molar-refractivity contribution in [3.8, 4) is 0 Å². The molecule has 3 atom stereocenters. The number of fused-ring (bicyclic) bond motifs is 1. The molecular formula is C15H15F4N5O4. The van der Waals surface area contributed by atoms with Crippen LogP contribution < -0.4 is 16.9 Å². The van der Waals surface area contributed by atoms with Crippen LogP contribution in [0.3, 0.4) is 0 Å². The molecule has 9 nitrogen and oxygen atoms in total. The number of carbonyl (C=O) groups is 2. The average Bonchev–Trinajstić information content (AvgIpc) is 3.02. The van der Waals surface area contributed by atoms with Crippen LogP contribution in [-0.2, 0) is 19.9 Å². The molecule has 2 heterocycles. The van der Waals surface area contributed by atoms with Crippen LogP contribution in [0.5, 0.6) is 0 Å². The number of halogens is 4. The minimum Gasteiger partial charge on any atom is -0.399 e. The summed E-state index contributed by atoms with van der Waals surface area (Å²) in [6, 6.07) is 3.22. The van der Waals surface area contributed by atoms with Gasteiger partial charge in [-0.25, -0.2) is 14.2 Å². The molecule has 1 aromatic rings. The largest absolute Gasteiger partial charge is 0.432 e. The third-order valence-corrected chi connectivity index (χ3v) is 4.62. The van der Waals surface area contributed by atoms with E-state index in [0.717, 1.165) is 19.2 Å². The summed E-state index contributed by atoms with van der Waals surface area (Å²) < 4.78 is 59.9. The summed E-state index contributed by atoms with van der Waals surface area (Å²) in [5, 5.41) is 2.02. The maximum Gasteiger partial charge on any atom is 0.432 e.